The summed E-state index contributed by atoms with van der Waals surface area (Å²) in [6.07, 6.45) is -3.42. The molecule has 10 nitrogen and oxygen atoms in total. The Labute approximate surface area is 270 Å². The first kappa shape index (κ1) is 37.6. The Balaban J connectivity index is 0.00000107. The van der Waals surface area contributed by atoms with Crippen molar-refractivity contribution in [2.45, 2.75) is 39.9 Å². The number of carboxylic acid groups (broad SMARTS) is 1. The normalized spacial score (nSPS) is 11.2. The molecule has 45 heavy (non-hydrogen) atoms. The van der Waals surface area contributed by atoms with Gasteiger partial charge in [0.15, 0.2) is 0 Å². The fourth-order valence-electron chi connectivity index (χ4n) is 3.80. The number of benzene rings is 2. The van der Waals surface area contributed by atoms with E-state index in [1.54, 1.807) is 36.6 Å². The number of rotatable bonds is 13. The molecule has 5 N–H and O–H groups in total. The Morgan fingerprint density at radius 2 is 1.87 bits per heavy atom. The number of thiophene rings is 1. The van der Waals surface area contributed by atoms with Crippen molar-refractivity contribution >= 4 is 74.4 Å². The van der Waals surface area contributed by atoms with Gasteiger partial charge in [-0.3, -0.25) is 19.8 Å². The highest BCUT2D eigenvalue weighted by Gasteiger charge is 2.26. The summed E-state index contributed by atoms with van der Waals surface area (Å²) in [5, 5.41) is 19.4. The number of thioether (sulfide) groups is 2. The van der Waals surface area contributed by atoms with Gasteiger partial charge in [-0.1, -0.05) is 12.1 Å². The number of amidine groups is 1. The SMILES string of the molecule is COc1cc(C)c(-c2cccc(S(=O)(=O)c3cc(C(=N)N)sc3SC)c2)c(NC(=O)CSCCCC(=O)O)c1.O=CC(F)(F)F. The lowest BCUT2D eigenvalue weighted by atomic mass is 9.98. The zero-order valence-electron chi connectivity index (χ0n) is 24.2. The molecule has 0 saturated heterocycles. The molecule has 0 fully saturated rings. The summed E-state index contributed by atoms with van der Waals surface area (Å²) in [6, 6.07) is 11.4. The number of alkyl halides is 3. The van der Waals surface area contributed by atoms with Crippen molar-refractivity contribution in [1.29, 1.82) is 5.41 Å². The maximum Gasteiger partial charge on any atom is 0.446 e. The number of aryl methyl sites for hydroxylation is 1. The molecule has 1 amide bonds. The lowest BCUT2D eigenvalue weighted by Gasteiger charge is -2.17. The molecule has 244 valence electrons. The smallest absolute Gasteiger partial charge is 0.446 e. The van der Waals surface area contributed by atoms with Gasteiger partial charge in [-0.05, 0) is 60.7 Å². The van der Waals surface area contributed by atoms with E-state index in [1.807, 2.05) is 6.92 Å². The van der Waals surface area contributed by atoms with Gasteiger partial charge in [-0.2, -0.15) is 24.9 Å². The largest absolute Gasteiger partial charge is 0.497 e. The average molecular weight is 706 g/mol. The molecule has 0 atom stereocenters. The number of aliphatic carboxylic acids is 1. The number of sulfone groups is 1. The second-order valence-corrected chi connectivity index (χ2v) is 14.2. The van der Waals surface area contributed by atoms with Crippen molar-refractivity contribution in [3.05, 3.63) is 52.9 Å². The van der Waals surface area contributed by atoms with Crippen LogP contribution in [0.15, 0.2) is 56.5 Å². The first-order chi connectivity index (χ1) is 21.0. The van der Waals surface area contributed by atoms with Crippen molar-refractivity contribution in [3.63, 3.8) is 0 Å². The zero-order chi connectivity index (χ0) is 33.9. The monoisotopic (exact) mass is 705 g/mol. The van der Waals surface area contributed by atoms with Crippen LogP contribution in [0.1, 0.15) is 23.3 Å². The molecule has 1 aromatic heterocycles. The number of nitrogens with one attached hydrogen (secondary N) is 2. The molecule has 3 rings (SSSR count). The highest BCUT2D eigenvalue weighted by atomic mass is 32.2. The number of amides is 1. The summed E-state index contributed by atoms with van der Waals surface area (Å²) in [5.74, 6) is -0.131. The van der Waals surface area contributed by atoms with Gasteiger partial charge in [0.2, 0.25) is 22.0 Å². The van der Waals surface area contributed by atoms with Gasteiger partial charge >= 0.3 is 12.1 Å². The molecule has 3 aromatic rings. The summed E-state index contributed by atoms with van der Waals surface area (Å²) in [5.41, 5.74) is 8.09. The number of carboxylic acids is 1. The third kappa shape index (κ3) is 11.1. The number of nitrogen functional groups attached to an aromatic ring is 1. The predicted octanol–water partition coefficient (Wildman–Crippen LogP) is 5.85. The van der Waals surface area contributed by atoms with Crippen LogP contribution < -0.4 is 15.8 Å². The molecule has 0 aliphatic heterocycles. The standard InChI is InChI=1S/C26H29N3O6S4.C2HF3O/c1-15-10-17(35-2)12-19(29-22(30)14-37-9-5-8-23(31)32)24(15)16-6-4-7-18(11-16)39(33,34)21-13-20(25(27)28)38-26(21)36-3;3-2(4,5)1-6/h4,6-7,10-13H,5,8-9,14H2,1-3H3,(H3,27,28)(H,29,30)(H,31,32);1H. The van der Waals surface area contributed by atoms with Gasteiger partial charge in [0, 0.05) is 18.1 Å². The Hall–Kier alpha value is -3.54. The van der Waals surface area contributed by atoms with Crippen LogP contribution in [0, 0.1) is 12.3 Å². The second-order valence-electron chi connectivity index (χ2n) is 9.04. The fraction of sp³-hybridized carbons (Fsp3) is 0.286. The Morgan fingerprint density at radius 3 is 2.42 bits per heavy atom. The summed E-state index contributed by atoms with van der Waals surface area (Å²) < 4.78 is 64.5. The number of carbonyl (C=O) groups excluding carboxylic acids is 2. The third-order valence-corrected chi connectivity index (χ3v) is 11.1. The summed E-state index contributed by atoms with van der Waals surface area (Å²) in [6.45, 7) is 1.85. The van der Waals surface area contributed by atoms with Gasteiger partial charge in [0.1, 0.15) is 11.6 Å². The van der Waals surface area contributed by atoms with Crippen molar-refractivity contribution < 1.29 is 45.8 Å². The summed E-state index contributed by atoms with van der Waals surface area (Å²) in [4.78, 5) is 32.7. The molecule has 1 heterocycles. The molecule has 2 aromatic carbocycles. The van der Waals surface area contributed by atoms with Crippen LogP contribution >= 0.6 is 34.9 Å². The van der Waals surface area contributed by atoms with Crippen molar-refractivity contribution in [3.8, 4) is 16.9 Å². The van der Waals surface area contributed by atoms with Crippen molar-refractivity contribution in [2.24, 2.45) is 5.73 Å². The van der Waals surface area contributed by atoms with E-state index < -0.39 is 28.3 Å². The van der Waals surface area contributed by atoms with Crippen LogP contribution in [0.3, 0.4) is 0 Å². The highest BCUT2D eigenvalue weighted by Crippen LogP contribution is 2.40. The highest BCUT2D eigenvalue weighted by molar-refractivity contribution is 8.01. The third-order valence-electron chi connectivity index (χ3n) is 5.70. The minimum Gasteiger partial charge on any atom is -0.497 e. The predicted molar refractivity (Wildman–Crippen MR) is 171 cm³/mol. The first-order valence-electron chi connectivity index (χ1n) is 12.7. The molecule has 0 saturated carbocycles. The number of aldehydes is 1. The molecule has 0 radical (unpaired) electrons. The minimum atomic E-state index is -4.64. The Morgan fingerprint density at radius 1 is 1.20 bits per heavy atom. The average Bonchev–Trinajstić information content (AvgIpc) is 3.43. The van der Waals surface area contributed by atoms with Gasteiger partial charge in [-0.15, -0.1) is 23.1 Å². The molecule has 0 spiro atoms. The van der Waals surface area contributed by atoms with E-state index in [1.165, 1.54) is 42.8 Å². The number of carbonyl (C=O) groups is 3. The van der Waals surface area contributed by atoms with Crippen LogP contribution in [0.5, 0.6) is 5.75 Å². The van der Waals surface area contributed by atoms with E-state index in [2.05, 4.69) is 5.32 Å². The molecule has 0 aliphatic carbocycles. The number of methoxy groups -OCH3 is 1. The molecule has 17 heteroatoms. The van der Waals surface area contributed by atoms with E-state index in [4.69, 9.17) is 25.8 Å². The van der Waals surface area contributed by atoms with E-state index in [9.17, 15) is 31.2 Å². The quantitative estimate of drug-likeness (QED) is 0.0554. The lowest BCUT2D eigenvalue weighted by Crippen LogP contribution is -2.15. The number of halogens is 3. The number of nitrogens with two attached hydrogens (primary N) is 1. The molecular weight excluding hydrogens is 676 g/mol. The van der Waals surface area contributed by atoms with Crippen LogP contribution in [0.25, 0.3) is 11.1 Å². The zero-order valence-corrected chi connectivity index (χ0v) is 27.5. The topological polar surface area (TPSA) is 177 Å². The molecule has 0 bridgehead atoms. The Bertz CT molecular complexity index is 1660. The maximum atomic E-state index is 13.6. The molecular formula is C28H30F3N3O7S4. The minimum absolute atomic E-state index is 0.0486. The number of ether oxygens (including phenoxy) is 1. The first-order valence-corrected chi connectivity index (χ1v) is 17.4. The van der Waals surface area contributed by atoms with Crippen LogP contribution in [-0.4, -0.2) is 68.6 Å². The van der Waals surface area contributed by atoms with Gasteiger partial charge in [0.25, 0.3) is 0 Å². The molecule has 0 aliphatic rings. The number of hydrogen-bond acceptors (Lipinski definition) is 10. The van der Waals surface area contributed by atoms with Crippen LogP contribution in [0.4, 0.5) is 18.9 Å². The van der Waals surface area contributed by atoms with E-state index in [0.29, 0.717) is 43.8 Å². The summed E-state index contributed by atoms with van der Waals surface area (Å²) >= 11 is 3.77. The van der Waals surface area contributed by atoms with Crippen LogP contribution in [-0.2, 0) is 24.2 Å². The number of hydrogen-bond donors (Lipinski definition) is 4. The van der Waals surface area contributed by atoms with Crippen molar-refractivity contribution in [1.82, 2.24) is 0 Å². The number of anilines is 1. The second kappa shape index (κ2) is 16.7. The van der Waals surface area contributed by atoms with Crippen LogP contribution in [0.2, 0.25) is 0 Å². The summed E-state index contributed by atoms with van der Waals surface area (Å²) in [7, 11) is -2.41. The maximum absolute atomic E-state index is 13.6. The van der Waals surface area contributed by atoms with Gasteiger partial charge in [0.05, 0.1) is 37.4 Å². The fourth-order valence-corrected chi connectivity index (χ4v) is 8.45. The van der Waals surface area contributed by atoms with E-state index in [0.717, 1.165) is 16.9 Å². The van der Waals surface area contributed by atoms with Gasteiger partial charge in [-0.25, -0.2) is 8.42 Å². The Kier molecular flexibility index (Phi) is 14.0. The van der Waals surface area contributed by atoms with Crippen molar-refractivity contribution in [2.75, 3.05) is 30.2 Å². The van der Waals surface area contributed by atoms with E-state index >= 15 is 0 Å². The van der Waals surface area contributed by atoms with Gasteiger partial charge < -0.3 is 20.9 Å². The lowest BCUT2D eigenvalue weighted by molar-refractivity contribution is -0.156. The van der Waals surface area contributed by atoms with E-state index in [-0.39, 0.29) is 33.7 Å². The molecule has 0 unspecified atom stereocenters.